The van der Waals surface area contributed by atoms with Gasteiger partial charge in [-0.2, -0.15) is 0 Å². The van der Waals surface area contributed by atoms with Gasteiger partial charge in [0.05, 0.1) is 7.11 Å². The van der Waals surface area contributed by atoms with E-state index in [-0.39, 0.29) is 5.76 Å². The molecule has 0 fully saturated rings. The lowest BCUT2D eigenvalue weighted by Gasteiger charge is -2.03. The van der Waals surface area contributed by atoms with E-state index >= 15 is 0 Å². The minimum atomic E-state index is -1.000. The Hall–Kier alpha value is -2.10. The zero-order valence-corrected chi connectivity index (χ0v) is 9.06. The van der Waals surface area contributed by atoms with Crippen LogP contribution < -0.4 is 0 Å². The number of aliphatic hydroxyl groups excluding tert-OH is 1. The predicted octanol–water partition coefficient (Wildman–Crippen LogP) is 1.64. The van der Waals surface area contributed by atoms with Crippen LogP contribution in [0.15, 0.2) is 30.3 Å². The van der Waals surface area contributed by atoms with Crippen LogP contribution in [0.2, 0.25) is 0 Å². The quantitative estimate of drug-likeness (QED) is 0.364. The van der Waals surface area contributed by atoms with Crippen molar-refractivity contribution < 1.29 is 19.4 Å². The van der Waals surface area contributed by atoms with Crippen LogP contribution in [-0.2, 0) is 14.3 Å². The minimum Gasteiger partial charge on any atom is -0.507 e. The number of hydrogen-bond acceptors (Lipinski definition) is 4. The number of hydrogen-bond donors (Lipinski definition) is 1. The number of benzene rings is 1. The van der Waals surface area contributed by atoms with E-state index in [0.29, 0.717) is 5.56 Å². The number of carbonyl (C=O) groups is 2. The van der Waals surface area contributed by atoms with Gasteiger partial charge in [-0.05, 0) is 12.5 Å². The van der Waals surface area contributed by atoms with Crippen molar-refractivity contribution in [2.75, 3.05) is 7.11 Å². The molecule has 4 heteroatoms. The van der Waals surface area contributed by atoms with Gasteiger partial charge in [-0.25, -0.2) is 4.79 Å². The topological polar surface area (TPSA) is 63.6 Å². The second-order valence-electron chi connectivity index (χ2n) is 3.20. The van der Waals surface area contributed by atoms with Gasteiger partial charge in [0.1, 0.15) is 5.76 Å². The molecule has 1 N–H and O–H groups in total. The van der Waals surface area contributed by atoms with E-state index in [1.165, 1.54) is 0 Å². The van der Waals surface area contributed by atoms with Gasteiger partial charge in [-0.3, -0.25) is 4.79 Å². The Morgan fingerprint density at radius 2 is 1.94 bits per heavy atom. The van der Waals surface area contributed by atoms with Gasteiger partial charge >= 0.3 is 5.97 Å². The highest BCUT2D eigenvalue weighted by molar-refractivity contribution is 6.39. The van der Waals surface area contributed by atoms with Gasteiger partial charge in [0.25, 0.3) is 5.78 Å². The van der Waals surface area contributed by atoms with E-state index < -0.39 is 11.8 Å². The van der Waals surface area contributed by atoms with E-state index in [1.54, 1.807) is 25.1 Å². The number of aliphatic hydroxyl groups is 1. The molecule has 16 heavy (non-hydrogen) atoms. The summed E-state index contributed by atoms with van der Waals surface area (Å²) in [5.74, 6) is -2.13. The molecule has 0 bridgehead atoms. The highest BCUT2D eigenvalue weighted by atomic mass is 16.5. The summed E-state index contributed by atoms with van der Waals surface area (Å²) in [6, 6.07) is 7.00. The summed E-state index contributed by atoms with van der Waals surface area (Å²) < 4.78 is 4.23. The number of aryl methyl sites for hydroxylation is 1. The average molecular weight is 220 g/mol. The zero-order valence-electron chi connectivity index (χ0n) is 9.06. The molecule has 0 amide bonds. The lowest BCUT2D eigenvalue weighted by Crippen LogP contribution is -2.13. The molecule has 4 nitrogen and oxygen atoms in total. The Morgan fingerprint density at radius 3 is 2.50 bits per heavy atom. The van der Waals surface area contributed by atoms with Gasteiger partial charge in [-0.1, -0.05) is 24.3 Å². The van der Waals surface area contributed by atoms with Crippen LogP contribution in [0.1, 0.15) is 11.1 Å². The first kappa shape index (κ1) is 12.0. The molecule has 0 radical (unpaired) electrons. The number of esters is 1. The molecule has 0 atom stereocenters. The van der Waals surface area contributed by atoms with Crippen molar-refractivity contribution in [3.63, 3.8) is 0 Å². The minimum absolute atomic E-state index is 0.242. The largest absolute Gasteiger partial charge is 0.507 e. The monoisotopic (exact) mass is 220 g/mol. The maximum Gasteiger partial charge on any atom is 0.378 e. The maximum atomic E-state index is 11.2. The van der Waals surface area contributed by atoms with Crippen molar-refractivity contribution >= 4 is 17.5 Å². The molecule has 0 saturated carbocycles. The molecule has 1 rings (SSSR count). The Kier molecular flexibility index (Phi) is 3.83. The molecule has 1 aromatic carbocycles. The fourth-order valence-electron chi connectivity index (χ4n) is 1.22. The number of rotatable bonds is 3. The molecule has 0 aliphatic heterocycles. The second-order valence-corrected chi connectivity index (χ2v) is 3.20. The van der Waals surface area contributed by atoms with Crippen LogP contribution in [0.4, 0.5) is 0 Å². The van der Waals surface area contributed by atoms with Crippen LogP contribution in [0.25, 0.3) is 5.76 Å². The molecule has 84 valence electrons. The van der Waals surface area contributed by atoms with Gasteiger partial charge in [0.15, 0.2) is 0 Å². The highest BCUT2D eigenvalue weighted by Gasteiger charge is 2.13. The fourth-order valence-corrected chi connectivity index (χ4v) is 1.22. The maximum absolute atomic E-state index is 11.2. The number of ketones is 1. The van der Waals surface area contributed by atoms with Gasteiger partial charge in [-0.15, -0.1) is 0 Å². The average Bonchev–Trinajstić information content (AvgIpc) is 2.28. The van der Waals surface area contributed by atoms with Crippen molar-refractivity contribution in [1.29, 1.82) is 0 Å². The van der Waals surface area contributed by atoms with Crippen LogP contribution in [0.5, 0.6) is 0 Å². The summed E-state index contributed by atoms with van der Waals surface area (Å²) in [6.07, 6.45) is 0.855. The smallest absolute Gasteiger partial charge is 0.378 e. The van der Waals surface area contributed by atoms with Crippen LogP contribution in [0.3, 0.4) is 0 Å². The zero-order chi connectivity index (χ0) is 12.1. The van der Waals surface area contributed by atoms with E-state index in [0.717, 1.165) is 18.7 Å². The van der Waals surface area contributed by atoms with Crippen molar-refractivity contribution in [3.05, 3.63) is 41.5 Å². The Balaban J connectivity index is 2.99. The van der Waals surface area contributed by atoms with Crippen LogP contribution in [-0.4, -0.2) is 24.0 Å². The third kappa shape index (κ3) is 2.70. The lowest BCUT2D eigenvalue weighted by molar-refractivity contribution is -0.149. The Labute approximate surface area is 93.2 Å². The summed E-state index contributed by atoms with van der Waals surface area (Å²) >= 11 is 0. The Morgan fingerprint density at radius 1 is 1.31 bits per heavy atom. The van der Waals surface area contributed by atoms with E-state index in [4.69, 9.17) is 0 Å². The highest BCUT2D eigenvalue weighted by Crippen LogP contribution is 2.15. The third-order valence-corrected chi connectivity index (χ3v) is 2.08. The van der Waals surface area contributed by atoms with Gasteiger partial charge in [0.2, 0.25) is 0 Å². The third-order valence-electron chi connectivity index (χ3n) is 2.08. The van der Waals surface area contributed by atoms with E-state index in [9.17, 15) is 14.7 Å². The lowest BCUT2D eigenvalue weighted by atomic mass is 10.1. The van der Waals surface area contributed by atoms with Crippen LogP contribution in [0, 0.1) is 6.92 Å². The molecular weight excluding hydrogens is 208 g/mol. The first-order chi connectivity index (χ1) is 7.56. The van der Waals surface area contributed by atoms with Crippen molar-refractivity contribution in [2.24, 2.45) is 0 Å². The van der Waals surface area contributed by atoms with Gasteiger partial charge in [0, 0.05) is 11.6 Å². The fraction of sp³-hybridized carbons (Fsp3) is 0.167. The Bertz CT molecular complexity index is 446. The molecule has 0 unspecified atom stereocenters. The first-order valence-electron chi connectivity index (χ1n) is 4.65. The molecule has 0 aliphatic rings. The number of ether oxygens (including phenoxy) is 1. The summed E-state index contributed by atoms with van der Waals surface area (Å²) in [5, 5.41) is 9.65. The molecular formula is C12H12O4. The first-order valence-corrected chi connectivity index (χ1v) is 4.65. The molecule has 1 aromatic rings. The molecule has 0 saturated heterocycles. The molecule has 0 heterocycles. The van der Waals surface area contributed by atoms with E-state index in [1.807, 2.05) is 6.07 Å². The summed E-state index contributed by atoms with van der Waals surface area (Å²) in [6.45, 7) is 1.79. The summed E-state index contributed by atoms with van der Waals surface area (Å²) in [5.41, 5.74) is 1.33. The van der Waals surface area contributed by atoms with Crippen LogP contribution >= 0.6 is 0 Å². The standard InChI is InChI=1S/C12H12O4/c1-8-5-3-4-6-9(8)10(13)7-11(14)12(15)16-2/h3-7,13H,1-2H3. The van der Waals surface area contributed by atoms with Crippen molar-refractivity contribution in [3.8, 4) is 0 Å². The molecule has 0 spiro atoms. The molecule has 0 aromatic heterocycles. The summed E-state index contributed by atoms with van der Waals surface area (Å²) in [7, 11) is 1.11. The SMILES string of the molecule is COC(=O)C(=O)C=C(O)c1ccccc1C. The number of carbonyl (C=O) groups excluding carboxylic acids is 2. The molecule has 0 aliphatic carbocycles. The normalized spacial score (nSPS) is 11.0. The van der Waals surface area contributed by atoms with Crippen molar-refractivity contribution in [2.45, 2.75) is 6.92 Å². The number of methoxy groups -OCH3 is 1. The second kappa shape index (κ2) is 5.11. The van der Waals surface area contributed by atoms with Crippen molar-refractivity contribution in [1.82, 2.24) is 0 Å². The van der Waals surface area contributed by atoms with Gasteiger partial charge < -0.3 is 9.84 Å². The van der Waals surface area contributed by atoms with E-state index in [2.05, 4.69) is 4.74 Å². The summed E-state index contributed by atoms with van der Waals surface area (Å²) in [4.78, 5) is 22.0. The predicted molar refractivity (Wildman–Crippen MR) is 58.8 cm³/mol.